The molecule has 0 unspecified atom stereocenters. The van der Waals surface area contributed by atoms with Gasteiger partial charge in [0.2, 0.25) is 5.88 Å². The van der Waals surface area contributed by atoms with Crippen molar-refractivity contribution in [3.63, 3.8) is 0 Å². The van der Waals surface area contributed by atoms with Crippen molar-refractivity contribution in [3.8, 4) is 5.88 Å². The van der Waals surface area contributed by atoms with Crippen molar-refractivity contribution < 1.29 is 9.94 Å². The van der Waals surface area contributed by atoms with Crippen LogP contribution in [0.5, 0.6) is 5.88 Å². The first-order chi connectivity index (χ1) is 10.7. The molecule has 22 heavy (non-hydrogen) atoms. The first-order valence-electron chi connectivity index (χ1n) is 6.40. The minimum atomic E-state index is 0.0805. The molecule has 1 aromatic heterocycles. The zero-order chi connectivity index (χ0) is 15.8. The molecular weight excluding hydrogens is 302 g/mol. The van der Waals surface area contributed by atoms with Crippen LogP contribution in [-0.4, -0.2) is 33.2 Å². The maximum Gasteiger partial charge on any atom is 0.232 e. The molecule has 8 heteroatoms. The second kappa shape index (κ2) is 8.01. The SMILES string of the molecule is COc1cncc(/C(=N/C(=S)NCc2ccccc2)NO)n1. The monoisotopic (exact) mass is 317 g/mol. The Morgan fingerprint density at radius 1 is 1.32 bits per heavy atom. The number of hydrogen-bond acceptors (Lipinski definition) is 5. The Bertz CT molecular complexity index is 663. The number of methoxy groups -OCH3 is 1. The van der Waals surface area contributed by atoms with Crippen molar-refractivity contribution in [1.82, 2.24) is 20.8 Å². The molecule has 0 bridgehead atoms. The molecule has 0 saturated heterocycles. The van der Waals surface area contributed by atoms with Gasteiger partial charge in [-0.25, -0.2) is 4.98 Å². The van der Waals surface area contributed by atoms with E-state index in [0.717, 1.165) is 5.56 Å². The molecule has 0 saturated carbocycles. The molecule has 0 atom stereocenters. The van der Waals surface area contributed by atoms with Gasteiger partial charge in [-0.3, -0.25) is 15.7 Å². The lowest BCUT2D eigenvalue weighted by molar-refractivity contribution is 0.235. The third kappa shape index (κ3) is 4.47. The van der Waals surface area contributed by atoms with E-state index in [1.165, 1.54) is 19.5 Å². The number of hydrogen-bond donors (Lipinski definition) is 3. The summed E-state index contributed by atoms with van der Waals surface area (Å²) < 4.78 is 4.97. The van der Waals surface area contributed by atoms with Crippen LogP contribution in [0.2, 0.25) is 0 Å². The summed E-state index contributed by atoms with van der Waals surface area (Å²) in [5.74, 6) is 0.389. The van der Waals surface area contributed by atoms with E-state index >= 15 is 0 Å². The lowest BCUT2D eigenvalue weighted by Gasteiger charge is -2.07. The van der Waals surface area contributed by atoms with Crippen LogP contribution in [0.4, 0.5) is 0 Å². The van der Waals surface area contributed by atoms with Crippen molar-refractivity contribution in [2.75, 3.05) is 7.11 Å². The molecule has 0 aliphatic carbocycles. The first-order valence-corrected chi connectivity index (χ1v) is 6.80. The summed E-state index contributed by atoms with van der Waals surface area (Å²) in [5, 5.41) is 12.4. The highest BCUT2D eigenvalue weighted by Crippen LogP contribution is 2.04. The number of ether oxygens (including phenoxy) is 1. The number of rotatable bonds is 4. The molecule has 3 N–H and O–H groups in total. The summed E-state index contributed by atoms with van der Waals surface area (Å²) in [5.41, 5.74) is 3.34. The minimum absolute atomic E-state index is 0.0805. The van der Waals surface area contributed by atoms with Crippen LogP contribution in [0.25, 0.3) is 0 Å². The highest BCUT2D eigenvalue weighted by atomic mass is 32.1. The fraction of sp³-hybridized carbons (Fsp3) is 0.143. The Morgan fingerprint density at radius 3 is 2.77 bits per heavy atom. The van der Waals surface area contributed by atoms with E-state index in [4.69, 9.17) is 17.0 Å². The van der Waals surface area contributed by atoms with Crippen molar-refractivity contribution >= 4 is 23.2 Å². The van der Waals surface area contributed by atoms with Gasteiger partial charge in [-0.05, 0) is 17.8 Å². The molecule has 2 rings (SSSR count). The maximum absolute atomic E-state index is 9.20. The summed E-state index contributed by atoms with van der Waals surface area (Å²) >= 11 is 5.13. The van der Waals surface area contributed by atoms with Crippen LogP contribution in [0.1, 0.15) is 11.3 Å². The fourth-order valence-corrected chi connectivity index (χ4v) is 1.78. The van der Waals surface area contributed by atoms with Gasteiger partial charge in [-0.2, -0.15) is 4.99 Å². The van der Waals surface area contributed by atoms with Gasteiger partial charge in [0, 0.05) is 6.54 Å². The molecule has 0 aliphatic heterocycles. The molecule has 0 radical (unpaired) electrons. The largest absolute Gasteiger partial charge is 0.480 e. The summed E-state index contributed by atoms with van der Waals surface area (Å²) in [7, 11) is 1.48. The van der Waals surface area contributed by atoms with E-state index < -0.39 is 0 Å². The number of hydroxylamine groups is 1. The van der Waals surface area contributed by atoms with Crippen LogP contribution in [0.15, 0.2) is 47.7 Å². The van der Waals surface area contributed by atoms with Crippen LogP contribution in [-0.2, 0) is 6.54 Å². The zero-order valence-electron chi connectivity index (χ0n) is 11.9. The molecule has 1 aromatic carbocycles. The standard InChI is InChI=1S/C14H15N5O2S/c1-21-12-9-15-8-11(17-12)13(19-20)18-14(22)16-7-10-5-3-2-4-6-10/h2-6,8-9,20H,7H2,1H3,(H2,16,18,19,22). The van der Waals surface area contributed by atoms with Crippen LogP contribution in [0, 0.1) is 0 Å². The van der Waals surface area contributed by atoms with E-state index in [-0.39, 0.29) is 10.9 Å². The van der Waals surface area contributed by atoms with Crippen LogP contribution in [0.3, 0.4) is 0 Å². The minimum Gasteiger partial charge on any atom is -0.480 e. The van der Waals surface area contributed by atoms with Gasteiger partial charge < -0.3 is 10.1 Å². The molecule has 1 heterocycles. The van der Waals surface area contributed by atoms with Gasteiger partial charge in [0.1, 0.15) is 5.69 Å². The number of aromatic nitrogens is 2. The predicted octanol–water partition coefficient (Wildman–Crippen LogP) is 1.29. The van der Waals surface area contributed by atoms with Crippen molar-refractivity contribution in [3.05, 3.63) is 54.0 Å². The summed E-state index contributed by atoms with van der Waals surface area (Å²) in [6.07, 6.45) is 2.88. The molecule has 114 valence electrons. The highest BCUT2D eigenvalue weighted by Gasteiger charge is 2.08. The second-order valence-corrected chi connectivity index (χ2v) is 4.55. The lowest BCUT2D eigenvalue weighted by Crippen LogP contribution is -2.27. The van der Waals surface area contributed by atoms with Gasteiger partial charge in [-0.1, -0.05) is 30.3 Å². The van der Waals surface area contributed by atoms with E-state index in [2.05, 4.69) is 20.3 Å². The molecule has 0 fully saturated rings. The second-order valence-electron chi connectivity index (χ2n) is 4.16. The van der Waals surface area contributed by atoms with Gasteiger partial charge in [0.15, 0.2) is 10.9 Å². The average Bonchev–Trinajstić information content (AvgIpc) is 2.58. The molecule has 0 amide bonds. The third-order valence-corrected chi connectivity index (χ3v) is 2.91. The molecule has 0 spiro atoms. The molecule has 0 aliphatic rings. The van der Waals surface area contributed by atoms with Gasteiger partial charge in [0.05, 0.1) is 19.5 Å². The number of amidine groups is 1. The fourth-order valence-electron chi connectivity index (χ4n) is 1.61. The van der Waals surface area contributed by atoms with Crippen molar-refractivity contribution in [2.24, 2.45) is 4.99 Å². The topological polar surface area (TPSA) is 91.7 Å². The number of nitrogens with zero attached hydrogens (tertiary/aromatic N) is 3. The lowest BCUT2D eigenvalue weighted by atomic mass is 10.2. The van der Waals surface area contributed by atoms with Gasteiger partial charge >= 0.3 is 0 Å². The van der Waals surface area contributed by atoms with E-state index in [1.54, 1.807) is 0 Å². The van der Waals surface area contributed by atoms with Gasteiger partial charge in [0.25, 0.3) is 0 Å². The number of nitrogens with one attached hydrogen (secondary N) is 2. The van der Waals surface area contributed by atoms with Crippen molar-refractivity contribution in [1.29, 1.82) is 0 Å². The molecular formula is C14H15N5O2S. The highest BCUT2D eigenvalue weighted by molar-refractivity contribution is 7.80. The quantitative estimate of drug-likeness (QED) is 0.339. The number of thiocarbonyl (C=S) groups is 1. The Morgan fingerprint density at radius 2 is 2.09 bits per heavy atom. The van der Waals surface area contributed by atoms with E-state index in [9.17, 15) is 5.21 Å². The molecule has 7 nitrogen and oxygen atoms in total. The van der Waals surface area contributed by atoms with E-state index in [0.29, 0.717) is 18.1 Å². The smallest absolute Gasteiger partial charge is 0.232 e. The predicted molar refractivity (Wildman–Crippen MR) is 85.9 cm³/mol. The summed E-state index contributed by atoms with van der Waals surface area (Å²) in [4.78, 5) is 12.1. The number of benzene rings is 1. The zero-order valence-corrected chi connectivity index (χ0v) is 12.7. The van der Waals surface area contributed by atoms with Crippen molar-refractivity contribution in [2.45, 2.75) is 6.54 Å². The number of aliphatic imine (C=N–C) groups is 1. The van der Waals surface area contributed by atoms with Crippen LogP contribution < -0.4 is 15.5 Å². The Balaban J connectivity index is 2.05. The Hall–Kier alpha value is -2.58. The Kier molecular flexibility index (Phi) is 5.75. The maximum atomic E-state index is 9.20. The third-order valence-electron chi connectivity index (χ3n) is 2.67. The summed E-state index contributed by atoms with van der Waals surface area (Å²) in [6.45, 7) is 0.533. The Labute approximate surface area is 133 Å². The molecule has 2 aromatic rings. The first kappa shape index (κ1) is 15.8. The van der Waals surface area contributed by atoms with E-state index in [1.807, 2.05) is 35.8 Å². The normalized spacial score (nSPS) is 10.9. The summed E-state index contributed by atoms with van der Waals surface area (Å²) in [6, 6.07) is 9.76. The van der Waals surface area contributed by atoms with Gasteiger partial charge in [-0.15, -0.1) is 0 Å². The average molecular weight is 317 g/mol. The van der Waals surface area contributed by atoms with Crippen LogP contribution >= 0.6 is 12.2 Å².